The van der Waals surface area contributed by atoms with Crippen molar-refractivity contribution >= 4 is 76.8 Å². The third-order valence-corrected chi connectivity index (χ3v) is 14.1. The number of hydrogen-bond acceptors (Lipinski definition) is 2. The lowest BCUT2D eigenvalue weighted by atomic mass is 9.79. The van der Waals surface area contributed by atoms with E-state index in [1.165, 1.54) is 76.7 Å². The molecule has 2 heterocycles. The highest BCUT2D eigenvalue weighted by Crippen LogP contribution is 2.51. The number of aliphatic imine (C=N–C) groups is 1. The molecule has 3 aliphatic carbocycles. The van der Waals surface area contributed by atoms with Crippen LogP contribution in [0.4, 0.5) is 0 Å². The Kier molecular flexibility index (Phi) is 8.18. The van der Waals surface area contributed by atoms with Gasteiger partial charge in [0.1, 0.15) is 11.2 Å². The summed E-state index contributed by atoms with van der Waals surface area (Å²) in [5, 5.41) is 9.85. The average Bonchev–Trinajstić information content (AvgIpc) is 3.62. The molecule has 13 rings (SSSR count). The molecule has 2 unspecified atom stereocenters. The van der Waals surface area contributed by atoms with Gasteiger partial charge in [0.15, 0.2) is 0 Å². The standard InChI is InChI=1S/C61H43NO/c1-37-22-28-52-55-36-58-56(51-19-9-10-21-57(51)63-58)35-54(55)50-31-26-44-32-41-15-5-6-16-42(41)34-53(44)48-20-11-17-39(25-30-49(48)50)59(52)61(62-60(37)40-13-3-2-4-14-40)45-27-29-47-43(33-45)24-23-38-12-7-8-18-46(38)47/h2-21,23-25,27-30,32-37,50H,22,26,31H2,1H3/b17-11?,20-11-,30-25+,39-17-,39-25?,48-20?,49-30?,52-28+,61-59?,62-60+. The van der Waals surface area contributed by atoms with Gasteiger partial charge in [-0.1, -0.05) is 171 Å². The van der Waals surface area contributed by atoms with Gasteiger partial charge in [0.25, 0.3) is 0 Å². The minimum atomic E-state index is 0.132. The summed E-state index contributed by atoms with van der Waals surface area (Å²) in [6.07, 6.45) is 17.2. The first-order chi connectivity index (χ1) is 31.1. The second kappa shape index (κ2) is 14.3. The summed E-state index contributed by atoms with van der Waals surface area (Å²) in [6.45, 7) is 2.34. The van der Waals surface area contributed by atoms with Crippen LogP contribution in [0.2, 0.25) is 0 Å². The lowest BCUT2D eigenvalue weighted by Crippen LogP contribution is -2.15. The summed E-state index contributed by atoms with van der Waals surface area (Å²) >= 11 is 0. The highest BCUT2D eigenvalue weighted by atomic mass is 16.3. The molecule has 0 fully saturated rings. The quantitative estimate of drug-likeness (QED) is 0.160. The van der Waals surface area contributed by atoms with E-state index in [1.54, 1.807) is 0 Å². The molecule has 4 aliphatic rings. The summed E-state index contributed by atoms with van der Waals surface area (Å²) in [7, 11) is 0. The zero-order chi connectivity index (χ0) is 41.6. The van der Waals surface area contributed by atoms with E-state index in [1.807, 2.05) is 0 Å². The molecule has 0 spiro atoms. The highest BCUT2D eigenvalue weighted by molar-refractivity contribution is 6.12. The SMILES string of the molecule is CC1C/C=C2C(=C(c3ccc4c(ccc5ccccc54)c3)/N=C\1c1ccccc1)C1=C\C=C/C3=C(\C=C\1)C(CCc1cc4ccccc4cc13)c1cc3c(cc1/2)oc1ccccc13. The smallest absolute Gasteiger partial charge is 0.136 e. The van der Waals surface area contributed by atoms with Crippen LogP contribution in [-0.4, -0.2) is 5.71 Å². The lowest BCUT2D eigenvalue weighted by molar-refractivity contribution is 0.667. The van der Waals surface area contributed by atoms with E-state index in [0.29, 0.717) is 0 Å². The molecule has 0 radical (unpaired) electrons. The van der Waals surface area contributed by atoms with Crippen molar-refractivity contribution in [3.8, 4) is 0 Å². The van der Waals surface area contributed by atoms with E-state index >= 15 is 0 Å². The van der Waals surface area contributed by atoms with E-state index < -0.39 is 0 Å². The van der Waals surface area contributed by atoms with E-state index in [2.05, 4.69) is 201 Å². The Morgan fingerprint density at radius 1 is 0.571 bits per heavy atom. The minimum absolute atomic E-state index is 0.132. The largest absolute Gasteiger partial charge is 0.456 e. The third-order valence-electron chi connectivity index (χ3n) is 14.1. The van der Waals surface area contributed by atoms with Gasteiger partial charge < -0.3 is 4.42 Å². The van der Waals surface area contributed by atoms with Crippen LogP contribution in [0.25, 0.3) is 71.1 Å². The number of aryl methyl sites for hydroxylation is 1. The van der Waals surface area contributed by atoms with Crippen molar-refractivity contribution in [1.29, 1.82) is 0 Å². The molecule has 2 nitrogen and oxygen atoms in total. The first-order valence-corrected chi connectivity index (χ1v) is 22.4. The van der Waals surface area contributed by atoms with Crippen LogP contribution in [0.1, 0.15) is 59.1 Å². The molecule has 2 heteroatoms. The maximum absolute atomic E-state index is 6.77. The predicted octanol–water partition coefficient (Wildman–Crippen LogP) is 15.9. The summed E-state index contributed by atoms with van der Waals surface area (Å²) in [5.74, 6) is 0.293. The maximum Gasteiger partial charge on any atom is 0.136 e. The Hall–Kier alpha value is -7.55. The van der Waals surface area contributed by atoms with Gasteiger partial charge in [-0.25, -0.2) is 0 Å². The van der Waals surface area contributed by atoms with Crippen LogP contribution in [0.15, 0.2) is 220 Å². The van der Waals surface area contributed by atoms with Crippen molar-refractivity contribution in [2.75, 3.05) is 0 Å². The Morgan fingerprint density at radius 2 is 1.33 bits per heavy atom. The normalized spacial score (nSPS) is 21.9. The van der Waals surface area contributed by atoms with Gasteiger partial charge in [-0.15, -0.1) is 0 Å². The number of nitrogens with zero attached hydrogens (tertiary/aromatic N) is 1. The summed E-state index contributed by atoms with van der Waals surface area (Å²) in [5.41, 5.74) is 17.6. The van der Waals surface area contributed by atoms with Crippen LogP contribution in [0.5, 0.6) is 0 Å². The fraction of sp³-hybridized carbons (Fsp3) is 0.0984. The second-order valence-electron chi connectivity index (χ2n) is 17.7. The first-order valence-electron chi connectivity index (χ1n) is 22.4. The first kappa shape index (κ1) is 36.1. The number of furan rings is 1. The number of hydrogen-bond donors (Lipinski definition) is 0. The van der Waals surface area contributed by atoms with Gasteiger partial charge >= 0.3 is 0 Å². The molecule has 2 atom stereocenters. The van der Waals surface area contributed by atoms with Gasteiger partial charge in [0.2, 0.25) is 0 Å². The van der Waals surface area contributed by atoms with Gasteiger partial charge in [-0.2, -0.15) is 0 Å². The van der Waals surface area contributed by atoms with Crippen LogP contribution < -0.4 is 0 Å². The average molecular weight is 806 g/mol. The van der Waals surface area contributed by atoms with Crippen molar-refractivity contribution in [1.82, 2.24) is 0 Å². The maximum atomic E-state index is 6.77. The fourth-order valence-corrected chi connectivity index (χ4v) is 11.0. The molecule has 9 aromatic rings. The molecule has 298 valence electrons. The van der Waals surface area contributed by atoms with Crippen molar-refractivity contribution in [2.45, 2.75) is 32.1 Å². The van der Waals surface area contributed by atoms with Crippen molar-refractivity contribution in [2.24, 2.45) is 10.9 Å². The zero-order valence-corrected chi connectivity index (χ0v) is 35.1. The molecule has 63 heavy (non-hydrogen) atoms. The number of para-hydroxylation sites is 1. The van der Waals surface area contributed by atoms with E-state index in [-0.39, 0.29) is 11.8 Å². The van der Waals surface area contributed by atoms with Crippen LogP contribution in [0, 0.1) is 5.92 Å². The Morgan fingerprint density at radius 3 is 2.22 bits per heavy atom. The monoisotopic (exact) mass is 805 g/mol. The molecule has 1 aromatic heterocycles. The van der Waals surface area contributed by atoms with Crippen LogP contribution >= 0.6 is 0 Å². The lowest BCUT2D eigenvalue weighted by Gasteiger charge is -2.26. The second-order valence-corrected chi connectivity index (χ2v) is 17.7. The molecule has 2 bridgehead atoms. The van der Waals surface area contributed by atoms with Gasteiger partial charge in [0, 0.05) is 33.7 Å². The van der Waals surface area contributed by atoms with E-state index in [4.69, 9.17) is 9.41 Å². The molecular formula is C61H43NO. The molecular weight excluding hydrogens is 763 g/mol. The van der Waals surface area contributed by atoms with Gasteiger partial charge in [0.05, 0.1) is 11.4 Å². The Bertz CT molecular complexity index is 3650. The summed E-state index contributed by atoms with van der Waals surface area (Å²) < 4.78 is 6.77. The Balaban J connectivity index is 1.15. The topological polar surface area (TPSA) is 25.5 Å². The summed E-state index contributed by atoms with van der Waals surface area (Å²) in [6, 6.07) is 58.0. The van der Waals surface area contributed by atoms with Gasteiger partial charge in [-0.05, 0) is 132 Å². The molecule has 1 aliphatic heterocycles. The number of allylic oxidation sites excluding steroid dienone is 11. The van der Waals surface area contributed by atoms with Crippen molar-refractivity contribution in [3.63, 3.8) is 0 Å². The highest BCUT2D eigenvalue weighted by Gasteiger charge is 2.33. The Labute approximate surface area is 366 Å². The van der Waals surface area contributed by atoms with Crippen molar-refractivity contribution in [3.05, 3.63) is 244 Å². The predicted molar refractivity (Wildman–Crippen MR) is 265 cm³/mol. The third kappa shape index (κ3) is 5.82. The fourth-order valence-electron chi connectivity index (χ4n) is 11.0. The summed E-state index contributed by atoms with van der Waals surface area (Å²) in [4.78, 5) is 5.91. The number of rotatable bonds is 2. The molecule has 0 saturated heterocycles. The molecule has 0 saturated carbocycles. The zero-order valence-electron chi connectivity index (χ0n) is 35.1. The minimum Gasteiger partial charge on any atom is -0.456 e. The van der Waals surface area contributed by atoms with Crippen LogP contribution in [-0.2, 0) is 6.42 Å². The van der Waals surface area contributed by atoms with Crippen LogP contribution in [0.3, 0.4) is 0 Å². The molecule has 8 aromatic carbocycles. The van der Waals surface area contributed by atoms with Gasteiger partial charge in [-0.3, -0.25) is 4.99 Å². The van der Waals surface area contributed by atoms with Crippen molar-refractivity contribution < 1.29 is 4.42 Å². The van der Waals surface area contributed by atoms with E-state index in [9.17, 15) is 0 Å². The molecule has 0 N–H and O–H groups in total. The number of fused-ring (bicyclic) bond motifs is 15. The molecule has 0 amide bonds. The van der Waals surface area contributed by atoms with E-state index in [0.717, 1.165) is 69.5 Å². The number of benzene rings is 8.